The fraction of sp³-hybridized carbons (Fsp3) is 0.556. The fourth-order valence-electron chi connectivity index (χ4n) is 0.980. The van der Waals surface area contributed by atoms with Crippen LogP contribution in [0.15, 0.2) is 12.1 Å². The molecule has 0 spiro atoms. The van der Waals surface area contributed by atoms with Gasteiger partial charge in [-0.15, -0.1) is 22.9 Å². The van der Waals surface area contributed by atoms with Gasteiger partial charge in [-0.2, -0.15) is 0 Å². The van der Waals surface area contributed by atoms with Gasteiger partial charge in [0.25, 0.3) is 0 Å². The lowest BCUT2D eigenvalue weighted by molar-refractivity contribution is 0.804. The molecule has 1 heterocycles. The summed E-state index contributed by atoms with van der Waals surface area (Å²) in [5.74, 6) is 0.663. The van der Waals surface area contributed by atoms with Crippen molar-refractivity contribution in [3.8, 4) is 0 Å². The number of unbranched alkanes of at least 4 members (excludes halogenated alkanes) is 1. The highest BCUT2D eigenvalue weighted by Crippen LogP contribution is 2.19. The molecule has 0 fully saturated rings. The van der Waals surface area contributed by atoms with E-state index in [9.17, 15) is 0 Å². The third-order valence-electron chi connectivity index (χ3n) is 1.63. The average molecular weight is 189 g/mol. The summed E-state index contributed by atoms with van der Waals surface area (Å²) < 4.78 is 0. The van der Waals surface area contributed by atoms with E-state index in [-0.39, 0.29) is 0 Å². The Morgan fingerprint density at radius 1 is 1.36 bits per heavy atom. The van der Waals surface area contributed by atoms with Crippen molar-refractivity contribution in [1.29, 1.82) is 0 Å². The summed E-state index contributed by atoms with van der Waals surface area (Å²) in [5.41, 5.74) is 0. The maximum atomic E-state index is 5.68. The van der Waals surface area contributed by atoms with Crippen molar-refractivity contribution >= 4 is 22.9 Å². The summed E-state index contributed by atoms with van der Waals surface area (Å²) in [6, 6.07) is 4.32. The summed E-state index contributed by atoms with van der Waals surface area (Å²) in [7, 11) is 0. The third-order valence-corrected chi connectivity index (χ3v) is 3.22. The van der Waals surface area contributed by atoms with Crippen molar-refractivity contribution in [1.82, 2.24) is 0 Å². The lowest BCUT2D eigenvalue weighted by Crippen LogP contribution is -1.76. The van der Waals surface area contributed by atoms with Crippen LogP contribution >= 0.6 is 22.9 Å². The van der Waals surface area contributed by atoms with Crippen LogP contribution in [0.25, 0.3) is 0 Å². The molecule has 0 bridgehead atoms. The number of halogens is 1. The van der Waals surface area contributed by atoms with Gasteiger partial charge in [-0.25, -0.2) is 0 Å². The number of rotatable bonds is 4. The zero-order chi connectivity index (χ0) is 8.10. The van der Waals surface area contributed by atoms with E-state index >= 15 is 0 Å². The Labute approximate surface area is 77.2 Å². The van der Waals surface area contributed by atoms with Crippen molar-refractivity contribution in [2.45, 2.75) is 32.1 Å². The molecule has 0 amide bonds. The molecular weight excluding hydrogens is 176 g/mol. The Morgan fingerprint density at radius 3 is 2.64 bits per heavy atom. The van der Waals surface area contributed by atoms with Crippen molar-refractivity contribution in [2.75, 3.05) is 0 Å². The molecular formula is C9H13ClS. The fourth-order valence-corrected chi connectivity index (χ4v) is 2.14. The van der Waals surface area contributed by atoms with E-state index in [1.54, 1.807) is 0 Å². The summed E-state index contributed by atoms with van der Waals surface area (Å²) >= 11 is 7.53. The second-order valence-electron chi connectivity index (χ2n) is 2.61. The second-order valence-corrected chi connectivity index (χ2v) is 4.13. The molecule has 0 atom stereocenters. The van der Waals surface area contributed by atoms with Crippen LogP contribution in [-0.2, 0) is 12.3 Å². The Kier molecular flexibility index (Phi) is 3.95. The first kappa shape index (κ1) is 9.08. The van der Waals surface area contributed by atoms with Gasteiger partial charge >= 0.3 is 0 Å². The molecule has 0 aliphatic heterocycles. The summed E-state index contributed by atoms with van der Waals surface area (Å²) in [5, 5.41) is 0. The summed E-state index contributed by atoms with van der Waals surface area (Å²) in [4.78, 5) is 2.76. The number of thiophene rings is 1. The topological polar surface area (TPSA) is 0 Å². The van der Waals surface area contributed by atoms with Crippen LogP contribution in [0.4, 0.5) is 0 Å². The molecule has 0 saturated carbocycles. The lowest BCUT2D eigenvalue weighted by Gasteiger charge is -1.91. The van der Waals surface area contributed by atoms with E-state index in [2.05, 4.69) is 19.1 Å². The largest absolute Gasteiger partial charge is 0.144 e. The normalized spacial score (nSPS) is 10.4. The maximum Gasteiger partial charge on any atom is 0.0568 e. The quantitative estimate of drug-likeness (QED) is 0.631. The molecule has 1 aromatic heterocycles. The molecule has 0 unspecified atom stereocenters. The first-order chi connectivity index (χ1) is 5.36. The van der Waals surface area contributed by atoms with Crippen molar-refractivity contribution in [2.24, 2.45) is 0 Å². The smallest absolute Gasteiger partial charge is 0.0568 e. The maximum absolute atomic E-state index is 5.68. The van der Waals surface area contributed by atoms with Crippen LogP contribution in [-0.4, -0.2) is 0 Å². The zero-order valence-corrected chi connectivity index (χ0v) is 8.34. The molecule has 11 heavy (non-hydrogen) atoms. The van der Waals surface area contributed by atoms with Crippen LogP contribution in [0.5, 0.6) is 0 Å². The Hall–Kier alpha value is -0.0100. The molecule has 62 valence electrons. The average Bonchev–Trinajstić information content (AvgIpc) is 2.48. The van der Waals surface area contributed by atoms with Gasteiger partial charge in [-0.1, -0.05) is 13.3 Å². The molecule has 0 nitrogen and oxygen atoms in total. The molecule has 1 rings (SSSR count). The van der Waals surface area contributed by atoms with Crippen LogP contribution in [0.2, 0.25) is 0 Å². The highest BCUT2D eigenvalue weighted by atomic mass is 35.5. The number of hydrogen-bond donors (Lipinski definition) is 0. The highest BCUT2D eigenvalue weighted by Gasteiger charge is 1.97. The second kappa shape index (κ2) is 4.78. The van der Waals surface area contributed by atoms with Crippen LogP contribution in [0, 0.1) is 0 Å². The molecule has 0 radical (unpaired) electrons. The minimum atomic E-state index is 0.663. The first-order valence-corrected chi connectivity index (χ1v) is 5.35. The Balaban J connectivity index is 2.44. The molecule has 0 saturated heterocycles. The van der Waals surface area contributed by atoms with Crippen LogP contribution in [0.3, 0.4) is 0 Å². The van der Waals surface area contributed by atoms with E-state index in [0.717, 1.165) is 0 Å². The van der Waals surface area contributed by atoms with E-state index in [1.165, 1.54) is 29.0 Å². The van der Waals surface area contributed by atoms with Gasteiger partial charge in [0.05, 0.1) is 5.88 Å². The van der Waals surface area contributed by atoms with Gasteiger partial charge in [0.15, 0.2) is 0 Å². The van der Waals surface area contributed by atoms with Crippen molar-refractivity contribution in [3.05, 3.63) is 21.9 Å². The van der Waals surface area contributed by atoms with E-state index in [1.807, 2.05) is 11.3 Å². The summed E-state index contributed by atoms with van der Waals surface area (Å²) in [6.07, 6.45) is 3.79. The standard InChI is InChI=1S/C9H13ClS/c1-2-3-4-8-5-6-9(7-10)11-8/h5-6H,2-4,7H2,1H3. The van der Waals surface area contributed by atoms with Gasteiger partial charge in [0.2, 0.25) is 0 Å². The minimum Gasteiger partial charge on any atom is -0.144 e. The lowest BCUT2D eigenvalue weighted by atomic mass is 10.2. The van der Waals surface area contributed by atoms with E-state index in [0.29, 0.717) is 5.88 Å². The molecule has 0 aliphatic carbocycles. The predicted octanol–water partition coefficient (Wildman–Crippen LogP) is 3.83. The van der Waals surface area contributed by atoms with Crippen LogP contribution in [0.1, 0.15) is 29.5 Å². The van der Waals surface area contributed by atoms with E-state index < -0.39 is 0 Å². The molecule has 1 aromatic rings. The highest BCUT2D eigenvalue weighted by molar-refractivity contribution is 7.12. The van der Waals surface area contributed by atoms with Gasteiger partial charge in [-0.3, -0.25) is 0 Å². The SMILES string of the molecule is CCCCc1ccc(CCl)s1. The molecule has 0 aromatic carbocycles. The van der Waals surface area contributed by atoms with Gasteiger partial charge in [-0.05, 0) is 25.0 Å². The molecule has 2 heteroatoms. The third kappa shape index (κ3) is 2.84. The molecule has 0 aliphatic rings. The van der Waals surface area contributed by atoms with E-state index in [4.69, 9.17) is 11.6 Å². The van der Waals surface area contributed by atoms with Gasteiger partial charge in [0, 0.05) is 9.75 Å². The van der Waals surface area contributed by atoms with Crippen LogP contribution < -0.4 is 0 Å². The Bertz CT molecular complexity index is 205. The number of aryl methyl sites for hydroxylation is 1. The number of alkyl halides is 1. The Morgan fingerprint density at radius 2 is 2.09 bits per heavy atom. The monoisotopic (exact) mass is 188 g/mol. The van der Waals surface area contributed by atoms with Gasteiger partial charge < -0.3 is 0 Å². The van der Waals surface area contributed by atoms with Crippen molar-refractivity contribution in [3.63, 3.8) is 0 Å². The number of hydrogen-bond acceptors (Lipinski definition) is 1. The predicted molar refractivity (Wildman–Crippen MR) is 52.5 cm³/mol. The zero-order valence-electron chi connectivity index (χ0n) is 6.77. The van der Waals surface area contributed by atoms with Crippen molar-refractivity contribution < 1.29 is 0 Å². The summed E-state index contributed by atoms with van der Waals surface area (Å²) in [6.45, 7) is 2.22. The first-order valence-electron chi connectivity index (χ1n) is 4.00. The van der Waals surface area contributed by atoms with Gasteiger partial charge in [0.1, 0.15) is 0 Å². The minimum absolute atomic E-state index is 0.663. The molecule has 0 N–H and O–H groups in total.